The van der Waals surface area contributed by atoms with Gasteiger partial charge in [0.25, 0.3) is 0 Å². The number of halogens is 1. The van der Waals surface area contributed by atoms with Crippen molar-refractivity contribution in [1.82, 2.24) is 10.6 Å². The van der Waals surface area contributed by atoms with Gasteiger partial charge in [0.05, 0.1) is 19.8 Å². The van der Waals surface area contributed by atoms with E-state index in [1.165, 1.54) is 7.11 Å². The summed E-state index contributed by atoms with van der Waals surface area (Å²) in [5.41, 5.74) is 1.42. The third kappa shape index (κ3) is 5.50. The lowest BCUT2D eigenvalue weighted by Crippen LogP contribution is -2.45. The fourth-order valence-corrected chi connectivity index (χ4v) is 4.68. The number of amides is 1. The maximum absolute atomic E-state index is 12.1. The van der Waals surface area contributed by atoms with Crippen LogP contribution in [0.5, 0.6) is 5.75 Å². The molecule has 0 aliphatic carbocycles. The number of aliphatic hydroxyl groups is 1. The van der Waals surface area contributed by atoms with Crippen molar-refractivity contribution in [3.05, 3.63) is 53.1 Å². The van der Waals surface area contributed by atoms with Gasteiger partial charge in [0, 0.05) is 29.6 Å². The standard InChI is InChI=1S/C24H31ClN2O4/c1-30-19-9-3-7-17(15-19)22-20(10-4-11-21(22)25)24(29,18-8-5-13-26-16-18)12-6-14-27-23(28)31-2/h3-4,7,9-11,15,18,26,29H,5-6,8,12-14,16H2,1-2H3,(H,27,28)/t18-,24?/m1/s1. The largest absolute Gasteiger partial charge is 0.497 e. The summed E-state index contributed by atoms with van der Waals surface area (Å²) < 4.78 is 10.0. The van der Waals surface area contributed by atoms with Crippen LogP contribution in [0.1, 0.15) is 31.2 Å². The van der Waals surface area contributed by atoms with Crippen molar-refractivity contribution in [2.24, 2.45) is 5.92 Å². The fraction of sp³-hybridized carbons (Fsp3) is 0.458. The molecule has 1 aliphatic rings. The third-order valence-corrected chi connectivity index (χ3v) is 6.32. The van der Waals surface area contributed by atoms with E-state index in [0.29, 0.717) is 24.4 Å². The van der Waals surface area contributed by atoms with E-state index in [-0.39, 0.29) is 5.92 Å². The predicted octanol–water partition coefficient (Wildman–Crippen LogP) is 4.34. The van der Waals surface area contributed by atoms with E-state index >= 15 is 0 Å². The van der Waals surface area contributed by atoms with Crippen LogP contribution in [-0.2, 0) is 10.3 Å². The van der Waals surface area contributed by atoms with Gasteiger partial charge >= 0.3 is 6.09 Å². The molecule has 2 atom stereocenters. The Morgan fingerprint density at radius 3 is 2.81 bits per heavy atom. The zero-order valence-corrected chi connectivity index (χ0v) is 18.9. The Labute approximate surface area is 188 Å². The molecule has 1 heterocycles. The van der Waals surface area contributed by atoms with Crippen molar-refractivity contribution in [3.63, 3.8) is 0 Å². The normalized spacial score (nSPS) is 18.1. The van der Waals surface area contributed by atoms with Crippen molar-refractivity contribution < 1.29 is 19.4 Å². The average Bonchev–Trinajstić information content (AvgIpc) is 2.81. The first-order valence-corrected chi connectivity index (χ1v) is 11.1. The van der Waals surface area contributed by atoms with Crippen LogP contribution < -0.4 is 15.4 Å². The molecule has 0 radical (unpaired) electrons. The number of piperidine rings is 1. The lowest BCUT2D eigenvalue weighted by Gasteiger charge is -2.40. The molecule has 1 unspecified atom stereocenters. The van der Waals surface area contributed by atoms with E-state index in [0.717, 1.165) is 48.4 Å². The molecule has 1 fully saturated rings. The summed E-state index contributed by atoms with van der Waals surface area (Å²) in [4.78, 5) is 11.4. The highest BCUT2D eigenvalue weighted by Gasteiger charge is 2.40. The van der Waals surface area contributed by atoms with Crippen LogP contribution in [0.15, 0.2) is 42.5 Å². The van der Waals surface area contributed by atoms with Gasteiger partial charge in [0.1, 0.15) is 5.75 Å². The lowest BCUT2D eigenvalue weighted by molar-refractivity contribution is -0.0415. The van der Waals surface area contributed by atoms with E-state index in [2.05, 4.69) is 15.4 Å². The van der Waals surface area contributed by atoms with E-state index in [1.54, 1.807) is 7.11 Å². The Bertz CT molecular complexity index is 886. The van der Waals surface area contributed by atoms with Crippen LogP contribution in [-0.4, -0.2) is 45.1 Å². The van der Waals surface area contributed by atoms with Crippen LogP contribution in [0.3, 0.4) is 0 Å². The predicted molar refractivity (Wildman–Crippen MR) is 123 cm³/mol. The molecule has 7 heteroatoms. The zero-order chi connectivity index (χ0) is 22.3. The molecule has 0 spiro atoms. The summed E-state index contributed by atoms with van der Waals surface area (Å²) in [6.07, 6.45) is 2.54. The molecule has 31 heavy (non-hydrogen) atoms. The number of nitrogens with one attached hydrogen (secondary N) is 2. The summed E-state index contributed by atoms with van der Waals surface area (Å²) >= 11 is 6.69. The van der Waals surface area contributed by atoms with E-state index in [9.17, 15) is 9.90 Å². The minimum atomic E-state index is -1.10. The molecule has 2 aromatic carbocycles. The molecule has 168 valence electrons. The molecule has 3 N–H and O–H groups in total. The first kappa shape index (κ1) is 23.4. The number of benzene rings is 2. The first-order chi connectivity index (χ1) is 15.0. The number of hydrogen-bond donors (Lipinski definition) is 3. The second kappa shape index (κ2) is 10.8. The number of methoxy groups -OCH3 is 2. The van der Waals surface area contributed by atoms with Crippen molar-refractivity contribution >= 4 is 17.7 Å². The molecule has 2 aromatic rings. The van der Waals surface area contributed by atoms with Gasteiger partial charge in [-0.1, -0.05) is 35.9 Å². The van der Waals surface area contributed by atoms with Crippen LogP contribution in [0.4, 0.5) is 4.79 Å². The maximum Gasteiger partial charge on any atom is 0.406 e. The van der Waals surface area contributed by atoms with E-state index in [4.69, 9.17) is 16.3 Å². The van der Waals surface area contributed by atoms with Crippen LogP contribution in [0.25, 0.3) is 11.1 Å². The lowest BCUT2D eigenvalue weighted by atomic mass is 9.72. The zero-order valence-electron chi connectivity index (χ0n) is 18.1. The number of carbonyl (C=O) groups excluding carboxylic acids is 1. The van der Waals surface area contributed by atoms with Gasteiger partial charge in [-0.05, 0) is 61.6 Å². The summed E-state index contributed by atoms with van der Waals surface area (Å²) in [7, 11) is 2.97. The van der Waals surface area contributed by atoms with Gasteiger partial charge in [0.2, 0.25) is 0 Å². The molecule has 0 bridgehead atoms. The third-order valence-electron chi connectivity index (χ3n) is 6.00. The fourth-order valence-electron chi connectivity index (χ4n) is 4.40. The highest BCUT2D eigenvalue weighted by Crippen LogP contribution is 2.45. The van der Waals surface area contributed by atoms with Gasteiger partial charge in [-0.15, -0.1) is 0 Å². The molecule has 6 nitrogen and oxygen atoms in total. The van der Waals surface area contributed by atoms with Crippen LogP contribution >= 0.6 is 11.6 Å². The van der Waals surface area contributed by atoms with Crippen LogP contribution in [0.2, 0.25) is 5.02 Å². The number of hydrogen-bond acceptors (Lipinski definition) is 5. The number of alkyl carbamates (subject to hydrolysis) is 1. The summed E-state index contributed by atoms with van der Waals surface area (Å²) in [6, 6.07) is 13.4. The number of ether oxygens (including phenoxy) is 2. The monoisotopic (exact) mass is 446 g/mol. The summed E-state index contributed by atoms with van der Waals surface area (Å²) in [6.45, 7) is 2.10. The van der Waals surface area contributed by atoms with Gasteiger partial charge in [0.15, 0.2) is 0 Å². The van der Waals surface area contributed by atoms with E-state index < -0.39 is 11.7 Å². The SMILES string of the molecule is COC(=O)NCCCC(O)(c1cccc(Cl)c1-c1cccc(OC)c1)[C@@H]1CCCNC1. The molecule has 3 rings (SSSR count). The average molecular weight is 447 g/mol. The molecule has 0 saturated carbocycles. The Morgan fingerprint density at radius 2 is 2.10 bits per heavy atom. The molecule has 1 saturated heterocycles. The Balaban J connectivity index is 2.00. The van der Waals surface area contributed by atoms with Crippen molar-refractivity contribution in [2.75, 3.05) is 33.9 Å². The van der Waals surface area contributed by atoms with Gasteiger partial charge in [-0.2, -0.15) is 0 Å². The smallest absolute Gasteiger partial charge is 0.406 e. The molecule has 1 aliphatic heterocycles. The minimum absolute atomic E-state index is 0.0298. The van der Waals surface area contributed by atoms with E-state index in [1.807, 2.05) is 42.5 Å². The van der Waals surface area contributed by atoms with Crippen molar-refractivity contribution in [1.29, 1.82) is 0 Å². The Morgan fingerprint density at radius 1 is 1.29 bits per heavy atom. The molecular weight excluding hydrogens is 416 g/mol. The minimum Gasteiger partial charge on any atom is -0.497 e. The summed E-state index contributed by atoms with van der Waals surface area (Å²) in [5.74, 6) is 0.760. The van der Waals surface area contributed by atoms with Crippen molar-refractivity contribution in [3.8, 4) is 16.9 Å². The Kier molecular flexibility index (Phi) is 8.18. The quantitative estimate of drug-likeness (QED) is 0.525. The molecule has 0 aromatic heterocycles. The second-order valence-electron chi connectivity index (χ2n) is 7.88. The maximum atomic E-state index is 12.1. The second-order valence-corrected chi connectivity index (χ2v) is 8.29. The topological polar surface area (TPSA) is 79.8 Å². The highest BCUT2D eigenvalue weighted by atomic mass is 35.5. The van der Waals surface area contributed by atoms with Crippen LogP contribution in [0, 0.1) is 5.92 Å². The molecular formula is C24H31ClN2O4. The molecule has 1 amide bonds. The van der Waals surface area contributed by atoms with Crippen molar-refractivity contribution in [2.45, 2.75) is 31.3 Å². The Hall–Kier alpha value is -2.28. The highest BCUT2D eigenvalue weighted by molar-refractivity contribution is 6.33. The number of rotatable bonds is 8. The number of carbonyl (C=O) groups is 1. The first-order valence-electron chi connectivity index (χ1n) is 10.7. The van der Waals surface area contributed by atoms with Gasteiger partial charge < -0.3 is 25.2 Å². The van der Waals surface area contributed by atoms with Gasteiger partial charge in [-0.25, -0.2) is 4.79 Å². The summed E-state index contributed by atoms with van der Waals surface area (Å²) in [5, 5.41) is 18.9. The van der Waals surface area contributed by atoms with Gasteiger partial charge in [-0.3, -0.25) is 0 Å².